The van der Waals surface area contributed by atoms with E-state index in [0.29, 0.717) is 28.4 Å². The van der Waals surface area contributed by atoms with Crippen molar-refractivity contribution in [3.05, 3.63) is 87.9 Å². The smallest absolute Gasteiger partial charge is 0.274 e. The van der Waals surface area contributed by atoms with Crippen LogP contribution in [0.15, 0.2) is 60.7 Å². The van der Waals surface area contributed by atoms with Crippen LogP contribution in [0.1, 0.15) is 49.7 Å². The predicted molar refractivity (Wildman–Crippen MR) is 132 cm³/mol. The molecule has 0 atom stereocenters. The van der Waals surface area contributed by atoms with Gasteiger partial charge in [0, 0.05) is 17.0 Å². The Morgan fingerprint density at radius 1 is 1.00 bits per heavy atom. The molecule has 0 saturated heterocycles. The lowest BCUT2D eigenvalue weighted by molar-refractivity contribution is 0.0951. The van der Waals surface area contributed by atoms with Crippen LogP contribution in [0.25, 0.3) is 11.3 Å². The highest BCUT2D eigenvalue weighted by Crippen LogP contribution is 2.38. The van der Waals surface area contributed by atoms with Gasteiger partial charge in [0.1, 0.15) is 16.4 Å². The first-order valence-electron chi connectivity index (χ1n) is 11.2. The van der Waals surface area contributed by atoms with Crippen LogP contribution in [0.2, 0.25) is 0 Å². The number of rotatable bonds is 6. The number of carbonyl (C=O) groups is 2. The van der Waals surface area contributed by atoms with Crippen LogP contribution in [0.4, 0.5) is 5.00 Å². The number of hydrogen-bond acceptors (Lipinski definition) is 5. The van der Waals surface area contributed by atoms with E-state index in [-0.39, 0.29) is 23.3 Å². The number of thiophene rings is 1. The minimum absolute atomic E-state index is 0.0873. The van der Waals surface area contributed by atoms with Gasteiger partial charge in [-0.05, 0) is 55.0 Å². The highest BCUT2D eigenvalue weighted by molar-refractivity contribution is 7.17. The Morgan fingerprint density at radius 2 is 1.76 bits per heavy atom. The Balaban J connectivity index is 1.38. The molecule has 1 aliphatic rings. The number of aromatic amines is 1. The van der Waals surface area contributed by atoms with Crippen LogP contribution in [-0.4, -0.2) is 27.1 Å². The molecule has 2 heterocycles. The molecular formula is C26H24N4O3S. The van der Waals surface area contributed by atoms with Gasteiger partial charge in [0.25, 0.3) is 11.8 Å². The van der Waals surface area contributed by atoms with E-state index in [1.54, 1.807) is 30.3 Å². The second-order valence-corrected chi connectivity index (χ2v) is 9.33. The van der Waals surface area contributed by atoms with Crippen molar-refractivity contribution >= 4 is 28.2 Å². The quantitative estimate of drug-likeness (QED) is 0.320. The number of aromatic hydroxyl groups is 1. The van der Waals surface area contributed by atoms with Crippen molar-refractivity contribution in [3.8, 4) is 17.0 Å². The first-order valence-corrected chi connectivity index (χ1v) is 12.0. The molecule has 0 unspecified atom stereocenters. The van der Waals surface area contributed by atoms with E-state index in [0.717, 1.165) is 41.7 Å². The van der Waals surface area contributed by atoms with Gasteiger partial charge in [-0.1, -0.05) is 42.5 Å². The molecule has 2 aromatic carbocycles. The summed E-state index contributed by atoms with van der Waals surface area (Å²) in [6.07, 6.45) is 3.85. The molecule has 4 aromatic rings. The zero-order valence-corrected chi connectivity index (χ0v) is 19.2. The molecule has 7 nitrogen and oxygen atoms in total. The van der Waals surface area contributed by atoms with Crippen LogP contribution in [0.5, 0.6) is 5.75 Å². The van der Waals surface area contributed by atoms with Crippen molar-refractivity contribution in [1.82, 2.24) is 15.5 Å². The van der Waals surface area contributed by atoms with E-state index in [4.69, 9.17) is 0 Å². The van der Waals surface area contributed by atoms with Gasteiger partial charge in [-0.2, -0.15) is 5.10 Å². The molecule has 8 heteroatoms. The number of nitrogens with zero attached hydrogens (tertiary/aromatic N) is 1. The van der Waals surface area contributed by atoms with Crippen LogP contribution in [0, 0.1) is 0 Å². The van der Waals surface area contributed by atoms with Crippen molar-refractivity contribution in [2.45, 2.75) is 32.2 Å². The summed E-state index contributed by atoms with van der Waals surface area (Å²) >= 11 is 1.47. The number of para-hydroxylation sites is 1. The average molecular weight is 473 g/mol. The Morgan fingerprint density at radius 3 is 2.59 bits per heavy atom. The van der Waals surface area contributed by atoms with Crippen molar-refractivity contribution in [2.24, 2.45) is 0 Å². The number of aryl methyl sites for hydroxylation is 1. The van der Waals surface area contributed by atoms with E-state index >= 15 is 0 Å². The molecule has 0 saturated carbocycles. The number of fused-ring (bicyclic) bond motifs is 1. The third kappa shape index (κ3) is 4.45. The monoisotopic (exact) mass is 472 g/mol. The van der Waals surface area contributed by atoms with Crippen LogP contribution in [-0.2, 0) is 19.4 Å². The third-order valence-electron chi connectivity index (χ3n) is 5.92. The van der Waals surface area contributed by atoms with E-state index in [2.05, 4.69) is 20.8 Å². The number of aromatic nitrogens is 2. The fourth-order valence-electron chi connectivity index (χ4n) is 4.20. The number of phenolic OH excluding ortho intramolecular Hbond substituents is 1. The van der Waals surface area contributed by atoms with Crippen LogP contribution >= 0.6 is 11.3 Å². The lowest BCUT2D eigenvalue weighted by Gasteiger charge is -2.13. The SMILES string of the molecule is O=C(Nc1sc2c(c1C(=O)NCc1ccccc1)CCCC2)c1cc(-c2ccccc2O)n[nH]1. The Labute approximate surface area is 200 Å². The van der Waals surface area contributed by atoms with Gasteiger partial charge in [-0.15, -0.1) is 11.3 Å². The molecule has 0 radical (unpaired) electrons. The topological polar surface area (TPSA) is 107 Å². The Hall–Kier alpha value is -3.91. The molecular weight excluding hydrogens is 448 g/mol. The van der Waals surface area contributed by atoms with Crippen molar-refractivity contribution < 1.29 is 14.7 Å². The molecule has 0 aliphatic heterocycles. The number of phenols is 1. The second-order valence-electron chi connectivity index (χ2n) is 8.22. The molecule has 1 aliphatic carbocycles. The maximum absolute atomic E-state index is 13.2. The number of nitrogens with one attached hydrogen (secondary N) is 3. The lowest BCUT2D eigenvalue weighted by Crippen LogP contribution is -2.25. The van der Waals surface area contributed by atoms with Crippen LogP contribution < -0.4 is 10.6 Å². The number of anilines is 1. The highest BCUT2D eigenvalue weighted by atomic mass is 32.1. The van der Waals surface area contributed by atoms with E-state index in [1.165, 1.54) is 11.3 Å². The van der Waals surface area contributed by atoms with Crippen molar-refractivity contribution in [2.75, 3.05) is 5.32 Å². The molecule has 0 fully saturated rings. The number of hydrogen-bond donors (Lipinski definition) is 4. The summed E-state index contributed by atoms with van der Waals surface area (Å²) in [5.74, 6) is -0.479. The normalized spacial score (nSPS) is 12.7. The zero-order chi connectivity index (χ0) is 23.5. The minimum Gasteiger partial charge on any atom is -0.507 e. The fraction of sp³-hybridized carbons (Fsp3) is 0.192. The first kappa shape index (κ1) is 21.9. The molecule has 172 valence electrons. The summed E-state index contributed by atoms with van der Waals surface area (Å²) in [5, 5.41) is 23.5. The second kappa shape index (κ2) is 9.52. The van der Waals surface area contributed by atoms with Gasteiger partial charge in [0.05, 0.1) is 11.3 Å². The summed E-state index contributed by atoms with van der Waals surface area (Å²) in [6, 6.07) is 18.2. The minimum atomic E-state index is -0.384. The van der Waals surface area contributed by atoms with E-state index < -0.39 is 0 Å². The summed E-state index contributed by atoms with van der Waals surface area (Å²) in [6.45, 7) is 0.419. The van der Waals surface area contributed by atoms with Crippen molar-refractivity contribution in [1.29, 1.82) is 0 Å². The Bertz CT molecular complexity index is 1340. The summed E-state index contributed by atoms with van der Waals surface area (Å²) in [5.41, 5.74) is 3.86. The number of benzene rings is 2. The Kier molecular flexibility index (Phi) is 6.14. The van der Waals surface area contributed by atoms with Gasteiger partial charge >= 0.3 is 0 Å². The maximum atomic E-state index is 13.2. The maximum Gasteiger partial charge on any atom is 0.274 e. The molecule has 4 N–H and O–H groups in total. The van der Waals surface area contributed by atoms with Crippen molar-refractivity contribution in [3.63, 3.8) is 0 Å². The lowest BCUT2D eigenvalue weighted by atomic mass is 9.95. The molecule has 0 spiro atoms. The summed E-state index contributed by atoms with van der Waals surface area (Å²) in [4.78, 5) is 27.4. The van der Waals surface area contributed by atoms with Crippen LogP contribution in [0.3, 0.4) is 0 Å². The average Bonchev–Trinajstić information content (AvgIpc) is 3.48. The highest BCUT2D eigenvalue weighted by Gasteiger charge is 2.27. The molecule has 5 rings (SSSR count). The molecule has 2 amide bonds. The van der Waals surface area contributed by atoms with Gasteiger partial charge in [0.2, 0.25) is 0 Å². The molecule has 2 aromatic heterocycles. The zero-order valence-electron chi connectivity index (χ0n) is 18.4. The molecule has 34 heavy (non-hydrogen) atoms. The number of amides is 2. The largest absolute Gasteiger partial charge is 0.507 e. The van der Waals surface area contributed by atoms with Gasteiger partial charge in [0.15, 0.2) is 0 Å². The van der Waals surface area contributed by atoms with Gasteiger partial charge in [-0.3, -0.25) is 14.7 Å². The van der Waals surface area contributed by atoms with Gasteiger partial charge in [-0.25, -0.2) is 0 Å². The van der Waals surface area contributed by atoms with E-state index in [1.807, 2.05) is 30.3 Å². The molecule has 0 bridgehead atoms. The fourth-order valence-corrected chi connectivity index (χ4v) is 5.48. The number of H-pyrrole nitrogens is 1. The predicted octanol–water partition coefficient (Wildman–Crippen LogP) is 4.90. The summed E-state index contributed by atoms with van der Waals surface area (Å²) in [7, 11) is 0. The first-order chi connectivity index (χ1) is 16.6. The third-order valence-corrected chi connectivity index (χ3v) is 7.13. The standard InChI is InChI=1S/C26H24N4O3S/c31-21-12-6-4-10-17(21)19-14-20(30-29-19)24(32)28-26-23(18-11-5-7-13-22(18)34-26)25(33)27-15-16-8-2-1-3-9-16/h1-4,6,8-10,12,14,31H,5,7,11,13,15H2,(H,27,33)(H,28,32)(H,29,30). The summed E-state index contributed by atoms with van der Waals surface area (Å²) < 4.78 is 0. The number of carbonyl (C=O) groups excluding carboxylic acids is 2. The van der Waals surface area contributed by atoms with Gasteiger partial charge < -0.3 is 15.7 Å². The van der Waals surface area contributed by atoms with E-state index in [9.17, 15) is 14.7 Å².